The van der Waals surface area contributed by atoms with Crippen LogP contribution in [0.25, 0.3) is 5.65 Å². The van der Waals surface area contributed by atoms with E-state index in [-0.39, 0.29) is 6.04 Å². The number of hydrogen-bond donors (Lipinski definition) is 2. The summed E-state index contributed by atoms with van der Waals surface area (Å²) in [6, 6.07) is 11.5. The molecule has 0 amide bonds. The molecule has 0 bridgehead atoms. The van der Waals surface area contributed by atoms with E-state index in [0.29, 0.717) is 12.4 Å². The number of ether oxygens (including phenoxy) is 1. The average Bonchev–Trinajstić information content (AvgIpc) is 2.98. The van der Waals surface area contributed by atoms with Crippen molar-refractivity contribution in [3.8, 4) is 0 Å². The Bertz CT molecular complexity index is 974. The van der Waals surface area contributed by atoms with Gasteiger partial charge in [0.15, 0.2) is 5.65 Å². The van der Waals surface area contributed by atoms with Crippen molar-refractivity contribution in [1.82, 2.24) is 9.38 Å². The fourth-order valence-corrected chi connectivity index (χ4v) is 4.09. The van der Waals surface area contributed by atoms with Gasteiger partial charge in [-0.2, -0.15) is 0 Å². The second-order valence-electron chi connectivity index (χ2n) is 7.21. The first-order valence-electron chi connectivity index (χ1n) is 9.36. The number of benzene rings is 1. The number of pyridine rings is 1. The molecule has 148 valence electrons. The summed E-state index contributed by atoms with van der Waals surface area (Å²) in [4.78, 5) is 4.74. The minimum atomic E-state index is -0.944. The summed E-state index contributed by atoms with van der Waals surface area (Å²) in [6.07, 6.45) is 2.32. The second-order valence-corrected chi connectivity index (χ2v) is 8.77. The molecule has 3 aromatic rings. The molecule has 4 atom stereocenters. The summed E-state index contributed by atoms with van der Waals surface area (Å²) in [5, 5.41) is 14.6. The predicted octanol–water partition coefficient (Wildman–Crippen LogP) is 2.92. The van der Waals surface area contributed by atoms with Crippen LogP contribution in [0.4, 0.5) is 5.69 Å². The third-order valence-electron chi connectivity index (χ3n) is 5.39. The predicted molar refractivity (Wildman–Crippen MR) is 111 cm³/mol. The normalized spacial score (nSPS) is 22.7. The van der Waals surface area contributed by atoms with Gasteiger partial charge < -0.3 is 24.1 Å². The Morgan fingerprint density at radius 1 is 1.25 bits per heavy atom. The van der Waals surface area contributed by atoms with Gasteiger partial charge in [-0.05, 0) is 25.5 Å². The van der Waals surface area contributed by atoms with Crippen LogP contribution < -0.4 is 5.32 Å². The summed E-state index contributed by atoms with van der Waals surface area (Å²) < 4.78 is 19.6. The molecule has 0 saturated carbocycles. The van der Waals surface area contributed by atoms with Crippen LogP contribution in [0.2, 0.25) is 0 Å². The third-order valence-corrected chi connectivity index (χ3v) is 6.13. The van der Waals surface area contributed by atoms with Gasteiger partial charge in [-0.15, -0.1) is 0 Å². The number of nitrogens with one attached hydrogen (secondary N) is 1. The van der Waals surface area contributed by atoms with Crippen LogP contribution in [-0.2, 0) is 15.9 Å². The maximum absolute atomic E-state index is 11.5. The molecule has 7 heteroatoms. The molecule has 2 aromatic heterocycles. The Labute approximate surface area is 167 Å². The van der Waals surface area contributed by atoms with E-state index in [4.69, 9.17) is 9.72 Å². The molecule has 3 heterocycles. The molecule has 28 heavy (non-hydrogen) atoms. The third kappa shape index (κ3) is 3.39. The fourth-order valence-electron chi connectivity index (χ4n) is 3.76. The standard InChI is InChI=1S/C21H25N3O3S/c1-13-14(2)24-10-9-16-18(21(24)22-13)23-17(15-7-5-4-6-8-15)19(25)20(16)27-11-12-28(3)26/h4-10,17,19-20,23,25H,11-12H2,1-3H3/t17-,19-,20-,28?/m1/s1. The van der Waals surface area contributed by atoms with Crippen molar-refractivity contribution in [2.24, 2.45) is 0 Å². The molecule has 1 aliphatic rings. The lowest BCUT2D eigenvalue weighted by Gasteiger charge is -2.38. The van der Waals surface area contributed by atoms with Crippen molar-refractivity contribution in [1.29, 1.82) is 0 Å². The summed E-state index contributed by atoms with van der Waals surface area (Å²) in [7, 11) is 0. The molecule has 0 fully saturated rings. The SMILES string of the molecule is Cc1nc2c3c(ccn2c1C)[C@@H](OCC[S+](C)[O-])[C@H](O)[C@@H](c1ccccc1)N3. The first-order chi connectivity index (χ1) is 13.5. The van der Waals surface area contributed by atoms with Crippen molar-refractivity contribution >= 4 is 22.5 Å². The highest BCUT2D eigenvalue weighted by molar-refractivity contribution is 7.90. The van der Waals surface area contributed by atoms with Gasteiger partial charge in [0.2, 0.25) is 0 Å². The summed E-state index contributed by atoms with van der Waals surface area (Å²) in [6.45, 7) is 4.35. The number of aliphatic hydroxyl groups excluding tert-OH is 1. The minimum absolute atomic E-state index is 0.323. The molecule has 0 saturated heterocycles. The van der Waals surface area contributed by atoms with Crippen molar-refractivity contribution in [2.75, 3.05) is 23.9 Å². The second kappa shape index (κ2) is 7.75. The first-order valence-corrected chi connectivity index (χ1v) is 11.1. The molecule has 1 unspecified atom stereocenters. The van der Waals surface area contributed by atoms with Gasteiger partial charge >= 0.3 is 0 Å². The number of nitrogens with zero attached hydrogens (tertiary/aromatic N) is 2. The lowest BCUT2D eigenvalue weighted by molar-refractivity contribution is -0.0455. The molecule has 2 N–H and O–H groups in total. The van der Waals surface area contributed by atoms with E-state index in [1.807, 2.05) is 56.4 Å². The Morgan fingerprint density at radius 3 is 2.71 bits per heavy atom. The number of anilines is 1. The molecular formula is C21H25N3O3S. The zero-order chi connectivity index (χ0) is 19.8. The summed E-state index contributed by atoms with van der Waals surface area (Å²) in [5.74, 6) is 0.436. The lowest BCUT2D eigenvalue weighted by atomic mass is 9.89. The van der Waals surface area contributed by atoms with Gasteiger partial charge in [-0.25, -0.2) is 4.98 Å². The van der Waals surface area contributed by atoms with Crippen LogP contribution in [0, 0.1) is 13.8 Å². The Kier molecular flexibility index (Phi) is 5.33. The maximum Gasteiger partial charge on any atom is 0.161 e. The lowest BCUT2D eigenvalue weighted by Crippen LogP contribution is -2.38. The molecule has 1 aliphatic heterocycles. The number of aliphatic hydroxyl groups is 1. The van der Waals surface area contributed by atoms with Crippen LogP contribution in [0.1, 0.15) is 34.7 Å². The zero-order valence-electron chi connectivity index (χ0n) is 16.3. The van der Waals surface area contributed by atoms with Crippen molar-refractivity contribution in [3.63, 3.8) is 0 Å². The van der Waals surface area contributed by atoms with Crippen molar-refractivity contribution in [3.05, 3.63) is 65.1 Å². The number of fused-ring (bicyclic) bond motifs is 3. The average molecular weight is 400 g/mol. The van der Waals surface area contributed by atoms with Crippen LogP contribution >= 0.6 is 0 Å². The molecule has 1 aromatic carbocycles. The summed E-state index contributed by atoms with van der Waals surface area (Å²) in [5.41, 5.74) is 5.61. The maximum atomic E-state index is 11.5. The minimum Gasteiger partial charge on any atom is -0.616 e. The molecule has 0 aliphatic carbocycles. The number of aromatic nitrogens is 2. The van der Waals surface area contributed by atoms with E-state index in [1.165, 1.54) is 0 Å². The molecule has 0 radical (unpaired) electrons. The van der Waals surface area contributed by atoms with E-state index in [1.54, 1.807) is 6.26 Å². The fraction of sp³-hybridized carbons (Fsp3) is 0.381. The zero-order valence-corrected chi connectivity index (χ0v) is 17.1. The highest BCUT2D eigenvalue weighted by Gasteiger charge is 2.38. The van der Waals surface area contributed by atoms with Gasteiger partial charge in [0.05, 0.1) is 30.3 Å². The van der Waals surface area contributed by atoms with Crippen LogP contribution in [0.15, 0.2) is 42.6 Å². The van der Waals surface area contributed by atoms with E-state index in [2.05, 4.69) is 9.72 Å². The largest absolute Gasteiger partial charge is 0.616 e. The van der Waals surface area contributed by atoms with E-state index in [9.17, 15) is 9.66 Å². The summed E-state index contributed by atoms with van der Waals surface area (Å²) >= 11 is -0.944. The van der Waals surface area contributed by atoms with Gasteiger partial charge in [0.1, 0.15) is 18.0 Å². The number of aryl methyl sites for hydroxylation is 2. The molecular weight excluding hydrogens is 374 g/mol. The topological polar surface area (TPSA) is 81.9 Å². The smallest absolute Gasteiger partial charge is 0.161 e. The van der Waals surface area contributed by atoms with Gasteiger partial charge in [0.25, 0.3) is 0 Å². The Balaban J connectivity index is 1.79. The van der Waals surface area contributed by atoms with Crippen LogP contribution in [0.5, 0.6) is 0 Å². The monoisotopic (exact) mass is 399 g/mol. The molecule has 0 spiro atoms. The quantitative estimate of drug-likeness (QED) is 0.645. The van der Waals surface area contributed by atoms with Crippen molar-refractivity contribution in [2.45, 2.75) is 32.1 Å². The molecule has 6 nitrogen and oxygen atoms in total. The van der Waals surface area contributed by atoms with E-state index in [0.717, 1.165) is 33.8 Å². The van der Waals surface area contributed by atoms with Crippen LogP contribution in [0.3, 0.4) is 0 Å². The van der Waals surface area contributed by atoms with Gasteiger partial charge in [-0.3, -0.25) is 0 Å². The van der Waals surface area contributed by atoms with Crippen LogP contribution in [-0.4, -0.2) is 43.8 Å². The molecule has 4 rings (SSSR count). The highest BCUT2D eigenvalue weighted by atomic mass is 32.2. The number of hydrogen-bond acceptors (Lipinski definition) is 5. The highest BCUT2D eigenvalue weighted by Crippen LogP contribution is 2.43. The number of rotatable bonds is 5. The Hall–Kier alpha value is -2.06. The van der Waals surface area contributed by atoms with Gasteiger partial charge in [-0.1, -0.05) is 41.5 Å². The van der Waals surface area contributed by atoms with Crippen molar-refractivity contribution < 1.29 is 14.4 Å². The van der Waals surface area contributed by atoms with Gasteiger partial charge in [0, 0.05) is 17.5 Å². The van der Waals surface area contributed by atoms with E-state index < -0.39 is 23.4 Å². The van der Waals surface area contributed by atoms with E-state index >= 15 is 0 Å². The Morgan fingerprint density at radius 2 is 2.00 bits per heavy atom. The first kappa shape index (κ1) is 19.3. The number of imidazole rings is 1.